The van der Waals surface area contributed by atoms with Gasteiger partial charge in [0.2, 0.25) is 5.78 Å². The summed E-state index contributed by atoms with van der Waals surface area (Å²) < 4.78 is 5.17. The van der Waals surface area contributed by atoms with Crippen LogP contribution in [0.4, 0.5) is 0 Å². The van der Waals surface area contributed by atoms with Crippen molar-refractivity contribution in [2.75, 3.05) is 6.61 Å². The van der Waals surface area contributed by atoms with E-state index in [9.17, 15) is 49.5 Å². The maximum absolute atomic E-state index is 13.3. The molecule has 1 aliphatic heterocycles. The van der Waals surface area contributed by atoms with Crippen LogP contribution in [0.25, 0.3) is 0 Å². The van der Waals surface area contributed by atoms with Crippen LogP contribution in [0.15, 0.2) is 23.8 Å². The van der Waals surface area contributed by atoms with Crippen molar-refractivity contribution in [1.29, 1.82) is 0 Å². The minimum Gasteiger partial charge on any atom is -0.394 e. The van der Waals surface area contributed by atoms with Crippen LogP contribution in [0.3, 0.4) is 0 Å². The molecule has 0 radical (unpaired) electrons. The molecule has 5 N–H and O–H groups in total. The monoisotopic (exact) mass is 452 g/mol. The fourth-order valence-corrected chi connectivity index (χ4v) is 4.43. The largest absolute Gasteiger partial charge is 0.394 e. The lowest BCUT2D eigenvalue weighted by molar-refractivity contribution is -0.395. The first-order valence-electron chi connectivity index (χ1n) is 9.92. The van der Waals surface area contributed by atoms with Crippen LogP contribution in [0.1, 0.15) is 32.6 Å². The first kappa shape index (κ1) is 24.2. The Kier molecular flexibility index (Phi) is 6.19. The highest BCUT2D eigenvalue weighted by Crippen LogP contribution is 2.49. The number of ketones is 5. The number of aliphatic hydroxyl groups is 5. The zero-order valence-electron chi connectivity index (χ0n) is 17.2. The molecule has 2 fully saturated rings. The molecule has 0 bridgehead atoms. The smallest absolute Gasteiger partial charge is 0.261 e. The number of carbonyl (C=O) groups is 5. The van der Waals surface area contributed by atoms with Gasteiger partial charge in [-0.25, -0.2) is 0 Å². The van der Waals surface area contributed by atoms with E-state index in [4.69, 9.17) is 4.74 Å². The third-order valence-corrected chi connectivity index (χ3v) is 6.31. The standard InChI is InChI=1S/C21H24O11/c1-19(29)17(27)15(9-22)32-21(31,18(28)16-13(25)6-12(24)7-14(16)26)20(19,30)8-10-3-2-4-11(23)5-10/h2-4,15-17,22,27,29-31H,5-9H2,1H3/t15-,17-,19+,20+,21+/m1/s1. The van der Waals surface area contributed by atoms with Gasteiger partial charge in [0, 0.05) is 12.8 Å². The molecular weight excluding hydrogens is 428 g/mol. The summed E-state index contributed by atoms with van der Waals surface area (Å²) in [6, 6.07) is 0. The van der Waals surface area contributed by atoms with Gasteiger partial charge in [-0.15, -0.1) is 0 Å². The molecule has 32 heavy (non-hydrogen) atoms. The van der Waals surface area contributed by atoms with E-state index in [2.05, 4.69) is 0 Å². The summed E-state index contributed by atoms with van der Waals surface area (Å²) in [6.45, 7) is -0.117. The summed E-state index contributed by atoms with van der Waals surface area (Å²) in [5, 5.41) is 53.9. The highest BCUT2D eigenvalue weighted by Gasteiger charge is 2.73. The lowest BCUT2D eigenvalue weighted by atomic mass is 9.63. The van der Waals surface area contributed by atoms with Crippen molar-refractivity contribution in [2.24, 2.45) is 5.92 Å². The van der Waals surface area contributed by atoms with Crippen molar-refractivity contribution in [2.45, 2.75) is 61.8 Å². The summed E-state index contributed by atoms with van der Waals surface area (Å²) in [4.78, 5) is 61.3. The second-order valence-corrected chi connectivity index (χ2v) is 8.56. The number of rotatable bonds is 5. The lowest BCUT2D eigenvalue weighted by Crippen LogP contribution is -2.81. The van der Waals surface area contributed by atoms with Crippen LogP contribution in [0.5, 0.6) is 0 Å². The number of Topliss-reactive ketones (excluding diaryl/α,β-unsaturated/α-hetero) is 4. The molecule has 1 heterocycles. The molecule has 0 unspecified atom stereocenters. The Balaban J connectivity index is 2.12. The average molecular weight is 452 g/mol. The third-order valence-electron chi connectivity index (χ3n) is 6.31. The van der Waals surface area contributed by atoms with Gasteiger partial charge in [0.05, 0.1) is 19.4 Å². The zero-order chi connectivity index (χ0) is 24.1. The third kappa shape index (κ3) is 3.60. The van der Waals surface area contributed by atoms with E-state index in [1.54, 1.807) is 0 Å². The fourth-order valence-electron chi connectivity index (χ4n) is 4.43. The summed E-state index contributed by atoms with van der Waals surface area (Å²) >= 11 is 0. The second kappa shape index (κ2) is 8.18. The highest BCUT2D eigenvalue weighted by atomic mass is 16.7. The van der Waals surface area contributed by atoms with Crippen LogP contribution >= 0.6 is 0 Å². The van der Waals surface area contributed by atoms with Crippen LogP contribution in [-0.2, 0) is 28.7 Å². The second-order valence-electron chi connectivity index (χ2n) is 8.56. The van der Waals surface area contributed by atoms with Gasteiger partial charge >= 0.3 is 0 Å². The van der Waals surface area contributed by atoms with Gasteiger partial charge in [-0.2, -0.15) is 0 Å². The molecule has 174 valence electrons. The van der Waals surface area contributed by atoms with Crippen molar-refractivity contribution in [3.8, 4) is 0 Å². The highest BCUT2D eigenvalue weighted by molar-refractivity contribution is 6.30. The molecule has 11 heteroatoms. The van der Waals surface area contributed by atoms with E-state index in [1.165, 1.54) is 18.2 Å². The summed E-state index contributed by atoms with van der Waals surface area (Å²) in [6.07, 6.45) is -2.31. The van der Waals surface area contributed by atoms with Crippen molar-refractivity contribution in [3.63, 3.8) is 0 Å². The quantitative estimate of drug-likeness (QED) is 0.275. The Morgan fingerprint density at radius 1 is 1.09 bits per heavy atom. The molecule has 11 nitrogen and oxygen atoms in total. The van der Waals surface area contributed by atoms with E-state index >= 15 is 0 Å². The van der Waals surface area contributed by atoms with Gasteiger partial charge in [0.1, 0.15) is 29.5 Å². The summed E-state index contributed by atoms with van der Waals surface area (Å²) in [7, 11) is 0. The van der Waals surface area contributed by atoms with Crippen LogP contribution in [0.2, 0.25) is 0 Å². The molecule has 0 amide bonds. The minimum absolute atomic E-state index is 0.154. The molecule has 1 saturated carbocycles. The maximum Gasteiger partial charge on any atom is 0.261 e. The van der Waals surface area contributed by atoms with Crippen molar-refractivity contribution < 1.29 is 54.2 Å². The Morgan fingerprint density at radius 2 is 1.69 bits per heavy atom. The van der Waals surface area contributed by atoms with Gasteiger partial charge in [-0.05, 0) is 13.0 Å². The molecule has 0 aromatic heterocycles. The Labute approximate surface area is 182 Å². The minimum atomic E-state index is -3.45. The van der Waals surface area contributed by atoms with Crippen molar-refractivity contribution in [3.05, 3.63) is 23.8 Å². The SMILES string of the molecule is C[C@]1(O)[C@H](O)[C@@H](CO)O[C@@](O)(C(=O)C2C(=O)CC(=O)CC2=O)[C@]1(O)CC1=CC=CC(=O)C1. The molecule has 2 aliphatic carbocycles. The van der Waals surface area contributed by atoms with Gasteiger partial charge in [0.15, 0.2) is 23.0 Å². The number of carbonyl (C=O) groups excluding carboxylic acids is 5. The van der Waals surface area contributed by atoms with Gasteiger partial charge < -0.3 is 30.3 Å². The van der Waals surface area contributed by atoms with Crippen LogP contribution < -0.4 is 0 Å². The van der Waals surface area contributed by atoms with E-state index in [0.29, 0.717) is 0 Å². The lowest BCUT2D eigenvalue weighted by Gasteiger charge is -2.57. The topological polar surface area (TPSA) is 196 Å². The number of hydrogen-bond donors (Lipinski definition) is 5. The van der Waals surface area contributed by atoms with E-state index < -0.39 is 84.1 Å². The Morgan fingerprint density at radius 3 is 2.22 bits per heavy atom. The fraction of sp³-hybridized carbons (Fsp3) is 0.571. The molecule has 0 aromatic carbocycles. The molecule has 3 aliphatic rings. The first-order valence-corrected chi connectivity index (χ1v) is 9.92. The predicted octanol–water partition coefficient (Wildman–Crippen LogP) is -2.56. The average Bonchev–Trinajstić information content (AvgIpc) is 2.69. The zero-order valence-corrected chi connectivity index (χ0v) is 17.2. The van der Waals surface area contributed by atoms with Gasteiger partial charge in [-0.3, -0.25) is 24.0 Å². The molecular formula is C21H24O11. The Bertz CT molecular complexity index is 925. The summed E-state index contributed by atoms with van der Waals surface area (Å²) in [5.41, 5.74) is -5.62. The maximum atomic E-state index is 13.3. The van der Waals surface area contributed by atoms with E-state index in [-0.39, 0.29) is 17.8 Å². The van der Waals surface area contributed by atoms with Crippen LogP contribution in [0, 0.1) is 5.92 Å². The van der Waals surface area contributed by atoms with Gasteiger partial charge in [-0.1, -0.05) is 17.7 Å². The van der Waals surface area contributed by atoms with Crippen molar-refractivity contribution >= 4 is 28.9 Å². The summed E-state index contributed by atoms with van der Waals surface area (Å²) in [5.74, 6) is -10.6. The van der Waals surface area contributed by atoms with E-state index in [0.717, 1.165) is 6.92 Å². The predicted molar refractivity (Wildman–Crippen MR) is 103 cm³/mol. The van der Waals surface area contributed by atoms with Crippen molar-refractivity contribution in [1.82, 2.24) is 0 Å². The molecule has 3 rings (SSSR count). The first-order chi connectivity index (χ1) is 14.8. The number of ether oxygens (including phenoxy) is 1. The Hall–Kier alpha value is -2.41. The molecule has 0 aromatic rings. The normalized spacial score (nSPS) is 38.8. The molecule has 1 saturated heterocycles. The molecule has 0 spiro atoms. The molecule has 5 atom stereocenters. The number of aliphatic hydroxyl groups excluding tert-OH is 2. The number of allylic oxidation sites excluding steroid dienone is 3. The number of hydrogen-bond acceptors (Lipinski definition) is 11. The van der Waals surface area contributed by atoms with Crippen LogP contribution in [-0.4, -0.2) is 90.3 Å². The van der Waals surface area contributed by atoms with Gasteiger partial charge in [0.25, 0.3) is 5.79 Å². The van der Waals surface area contributed by atoms with E-state index in [1.807, 2.05) is 0 Å².